The minimum atomic E-state index is -3.40. The lowest BCUT2D eigenvalue weighted by Crippen LogP contribution is -2.35. The number of sulfonamides is 1. The molecule has 0 amide bonds. The molecular formula is C20H26N2O2S. The molecule has 5 heteroatoms. The van der Waals surface area contributed by atoms with Gasteiger partial charge in [0.2, 0.25) is 10.0 Å². The molecular weight excluding hydrogens is 332 g/mol. The van der Waals surface area contributed by atoms with E-state index in [9.17, 15) is 8.42 Å². The van der Waals surface area contributed by atoms with Gasteiger partial charge in [0.15, 0.2) is 0 Å². The Morgan fingerprint density at radius 3 is 2.04 bits per heavy atom. The maximum Gasteiger partial charge on any atom is 0.243 e. The summed E-state index contributed by atoms with van der Waals surface area (Å²) in [6.07, 6.45) is 0.858. The maximum atomic E-state index is 12.9. The average molecular weight is 359 g/mol. The predicted molar refractivity (Wildman–Crippen MR) is 101 cm³/mol. The van der Waals surface area contributed by atoms with Crippen LogP contribution >= 0.6 is 0 Å². The molecule has 1 fully saturated rings. The van der Waals surface area contributed by atoms with Crippen LogP contribution in [0.1, 0.15) is 23.1 Å². The largest absolute Gasteiger partial charge is 0.298 e. The molecule has 4 nitrogen and oxygen atoms in total. The summed E-state index contributed by atoms with van der Waals surface area (Å²) < 4.78 is 27.4. The first-order valence-corrected chi connectivity index (χ1v) is 10.2. The third kappa shape index (κ3) is 4.48. The molecule has 1 aliphatic rings. The summed E-state index contributed by atoms with van der Waals surface area (Å²) in [6.45, 7) is 7.74. The van der Waals surface area contributed by atoms with E-state index in [1.807, 2.05) is 19.1 Å². The number of benzene rings is 2. The van der Waals surface area contributed by atoms with Crippen molar-refractivity contribution in [2.75, 3.05) is 26.2 Å². The van der Waals surface area contributed by atoms with E-state index in [-0.39, 0.29) is 0 Å². The van der Waals surface area contributed by atoms with Gasteiger partial charge in [0.1, 0.15) is 0 Å². The van der Waals surface area contributed by atoms with Crippen molar-refractivity contribution in [2.45, 2.75) is 31.7 Å². The molecule has 0 radical (unpaired) electrons. The van der Waals surface area contributed by atoms with Gasteiger partial charge in [0.05, 0.1) is 4.90 Å². The highest BCUT2D eigenvalue weighted by Crippen LogP contribution is 2.19. The van der Waals surface area contributed by atoms with Gasteiger partial charge in [-0.1, -0.05) is 47.5 Å². The highest BCUT2D eigenvalue weighted by molar-refractivity contribution is 7.89. The molecule has 0 spiro atoms. The second kappa shape index (κ2) is 7.68. The Kier molecular flexibility index (Phi) is 5.57. The van der Waals surface area contributed by atoms with Crippen molar-refractivity contribution in [3.05, 3.63) is 65.2 Å². The molecule has 0 aliphatic carbocycles. The number of aryl methyl sites for hydroxylation is 2. The molecule has 134 valence electrons. The van der Waals surface area contributed by atoms with E-state index >= 15 is 0 Å². The second-order valence-electron chi connectivity index (χ2n) is 6.83. The standard InChI is InChI=1S/C20H26N2O2S/c1-17-4-8-19(9-5-17)16-21-12-3-13-22(15-14-21)25(23,24)20-10-6-18(2)7-11-20/h4-11H,3,12-16H2,1-2H3. The van der Waals surface area contributed by atoms with Crippen molar-refractivity contribution in [3.8, 4) is 0 Å². The first-order chi connectivity index (χ1) is 11.9. The molecule has 0 saturated carbocycles. The van der Waals surface area contributed by atoms with Crippen LogP contribution < -0.4 is 0 Å². The first kappa shape index (κ1) is 18.1. The highest BCUT2D eigenvalue weighted by Gasteiger charge is 2.26. The van der Waals surface area contributed by atoms with Crippen LogP contribution in [0.15, 0.2) is 53.4 Å². The lowest BCUT2D eigenvalue weighted by Gasteiger charge is -2.22. The van der Waals surface area contributed by atoms with Gasteiger partial charge in [0, 0.05) is 26.2 Å². The zero-order valence-electron chi connectivity index (χ0n) is 15.0. The van der Waals surface area contributed by atoms with Crippen LogP contribution in [0, 0.1) is 13.8 Å². The molecule has 0 aromatic heterocycles. The minimum absolute atomic E-state index is 0.394. The Morgan fingerprint density at radius 1 is 0.800 bits per heavy atom. The van der Waals surface area contributed by atoms with Crippen LogP contribution in [0.4, 0.5) is 0 Å². The topological polar surface area (TPSA) is 40.6 Å². The van der Waals surface area contributed by atoms with Crippen LogP contribution in [-0.4, -0.2) is 43.8 Å². The monoisotopic (exact) mass is 358 g/mol. The fourth-order valence-corrected chi connectivity index (χ4v) is 4.63. The van der Waals surface area contributed by atoms with Gasteiger partial charge in [-0.2, -0.15) is 4.31 Å². The van der Waals surface area contributed by atoms with Gasteiger partial charge < -0.3 is 0 Å². The van der Waals surface area contributed by atoms with E-state index in [1.165, 1.54) is 11.1 Å². The summed E-state index contributed by atoms with van der Waals surface area (Å²) >= 11 is 0. The summed E-state index contributed by atoms with van der Waals surface area (Å²) in [4.78, 5) is 2.74. The highest BCUT2D eigenvalue weighted by atomic mass is 32.2. The van der Waals surface area contributed by atoms with Gasteiger partial charge in [-0.25, -0.2) is 8.42 Å². The van der Waals surface area contributed by atoms with E-state index in [2.05, 4.69) is 36.1 Å². The number of hydrogen-bond acceptors (Lipinski definition) is 3. The fourth-order valence-electron chi connectivity index (χ4n) is 3.16. The van der Waals surface area contributed by atoms with Crippen molar-refractivity contribution in [2.24, 2.45) is 0 Å². The van der Waals surface area contributed by atoms with Gasteiger partial charge in [-0.3, -0.25) is 4.90 Å². The van der Waals surface area contributed by atoms with E-state index in [4.69, 9.17) is 0 Å². The predicted octanol–water partition coefficient (Wildman–Crippen LogP) is 3.20. The lowest BCUT2D eigenvalue weighted by atomic mass is 10.1. The van der Waals surface area contributed by atoms with Gasteiger partial charge in [0.25, 0.3) is 0 Å². The summed E-state index contributed by atoms with van der Waals surface area (Å²) in [5.41, 5.74) is 3.61. The van der Waals surface area contributed by atoms with Crippen LogP contribution in [0.5, 0.6) is 0 Å². The van der Waals surface area contributed by atoms with Crippen LogP contribution in [0.2, 0.25) is 0 Å². The SMILES string of the molecule is Cc1ccc(CN2CCCN(S(=O)(=O)c3ccc(C)cc3)CC2)cc1. The average Bonchev–Trinajstić information content (AvgIpc) is 2.83. The molecule has 25 heavy (non-hydrogen) atoms. The van der Waals surface area contributed by atoms with E-state index in [1.54, 1.807) is 16.4 Å². The van der Waals surface area contributed by atoms with Crippen LogP contribution in [0.25, 0.3) is 0 Å². The molecule has 0 bridgehead atoms. The summed E-state index contributed by atoms with van der Waals surface area (Å²) in [5, 5.41) is 0. The summed E-state index contributed by atoms with van der Waals surface area (Å²) in [7, 11) is -3.40. The van der Waals surface area contributed by atoms with Gasteiger partial charge >= 0.3 is 0 Å². The Hall–Kier alpha value is -1.69. The zero-order valence-corrected chi connectivity index (χ0v) is 15.8. The lowest BCUT2D eigenvalue weighted by molar-refractivity contribution is 0.278. The number of rotatable bonds is 4. The fraction of sp³-hybridized carbons (Fsp3) is 0.400. The van der Waals surface area contributed by atoms with Gasteiger partial charge in [-0.15, -0.1) is 0 Å². The number of hydrogen-bond donors (Lipinski definition) is 0. The molecule has 1 saturated heterocycles. The summed E-state index contributed by atoms with van der Waals surface area (Å²) in [5.74, 6) is 0. The third-order valence-corrected chi connectivity index (χ3v) is 6.65. The number of nitrogens with zero attached hydrogens (tertiary/aromatic N) is 2. The van der Waals surface area contributed by atoms with Crippen molar-refractivity contribution in [1.29, 1.82) is 0 Å². The molecule has 3 rings (SSSR count). The summed E-state index contributed by atoms with van der Waals surface area (Å²) in [6, 6.07) is 15.7. The van der Waals surface area contributed by atoms with E-state index < -0.39 is 10.0 Å². The van der Waals surface area contributed by atoms with Crippen molar-refractivity contribution < 1.29 is 8.42 Å². The van der Waals surface area contributed by atoms with Crippen LogP contribution in [0.3, 0.4) is 0 Å². The molecule has 1 heterocycles. The quantitative estimate of drug-likeness (QED) is 0.843. The van der Waals surface area contributed by atoms with Crippen molar-refractivity contribution in [1.82, 2.24) is 9.21 Å². The van der Waals surface area contributed by atoms with Crippen molar-refractivity contribution in [3.63, 3.8) is 0 Å². The first-order valence-electron chi connectivity index (χ1n) is 8.80. The zero-order chi connectivity index (χ0) is 17.9. The van der Waals surface area contributed by atoms with Crippen molar-refractivity contribution >= 4 is 10.0 Å². The second-order valence-corrected chi connectivity index (χ2v) is 8.77. The molecule has 1 aliphatic heterocycles. The normalized spacial score (nSPS) is 17.4. The molecule has 0 unspecified atom stereocenters. The molecule has 0 N–H and O–H groups in total. The van der Waals surface area contributed by atoms with Gasteiger partial charge in [-0.05, 0) is 44.5 Å². The molecule has 2 aromatic carbocycles. The molecule has 2 aromatic rings. The van der Waals surface area contributed by atoms with Crippen LogP contribution in [-0.2, 0) is 16.6 Å². The smallest absolute Gasteiger partial charge is 0.243 e. The Balaban J connectivity index is 1.66. The third-order valence-electron chi connectivity index (χ3n) is 4.73. The van der Waals surface area contributed by atoms with E-state index in [0.717, 1.165) is 31.6 Å². The Bertz CT molecular complexity index is 799. The van der Waals surface area contributed by atoms with E-state index in [0.29, 0.717) is 18.0 Å². The maximum absolute atomic E-state index is 12.9. The Morgan fingerprint density at radius 2 is 1.40 bits per heavy atom. The molecule has 0 atom stereocenters. The minimum Gasteiger partial charge on any atom is -0.298 e. The Labute approximate surface area is 151 Å².